The Kier molecular flexibility index (Phi) is 5.92. The summed E-state index contributed by atoms with van der Waals surface area (Å²) in [6, 6.07) is 12.3. The van der Waals surface area contributed by atoms with Crippen molar-refractivity contribution < 1.29 is 19.0 Å². The molecular formula is C23H23FN4O3. The second-order valence-corrected chi connectivity index (χ2v) is 7.52. The lowest BCUT2D eigenvalue weighted by Gasteiger charge is -2.24. The van der Waals surface area contributed by atoms with Crippen molar-refractivity contribution in [2.75, 3.05) is 11.9 Å². The molecular weight excluding hydrogens is 399 g/mol. The number of fused-ring (bicyclic) bond motifs is 1. The normalized spacial score (nSPS) is 19.5. The van der Waals surface area contributed by atoms with Crippen LogP contribution in [0.4, 0.5) is 10.2 Å². The van der Waals surface area contributed by atoms with Crippen LogP contribution in [0, 0.1) is 5.82 Å². The van der Waals surface area contributed by atoms with Crippen molar-refractivity contribution in [1.29, 1.82) is 0 Å². The van der Waals surface area contributed by atoms with E-state index >= 15 is 0 Å². The molecule has 3 atom stereocenters. The van der Waals surface area contributed by atoms with Crippen molar-refractivity contribution in [2.24, 2.45) is 0 Å². The molecule has 0 fully saturated rings. The topological polar surface area (TPSA) is 87.6 Å². The number of pyridine rings is 2. The molecule has 1 unspecified atom stereocenters. The zero-order valence-corrected chi connectivity index (χ0v) is 17.2. The molecule has 0 spiro atoms. The van der Waals surface area contributed by atoms with Crippen molar-refractivity contribution in [3.63, 3.8) is 0 Å². The van der Waals surface area contributed by atoms with Crippen LogP contribution >= 0.6 is 0 Å². The number of nitrogens with one attached hydrogen (secondary N) is 1. The fourth-order valence-corrected chi connectivity index (χ4v) is 3.70. The van der Waals surface area contributed by atoms with E-state index in [0.717, 1.165) is 5.56 Å². The Hall–Kier alpha value is -3.36. The first-order chi connectivity index (χ1) is 14.9. The lowest BCUT2D eigenvalue weighted by Crippen LogP contribution is -2.46. The number of nitrogens with zero attached hydrogens (tertiary/aromatic N) is 3. The van der Waals surface area contributed by atoms with Gasteiger partial charge in [-0.15, -0.1) is 0 Å². The molecule has 7 nitrogen and oxygen atoms in total. The van der Waals surface area contributed by atoms with Gasteiger partial charge in [-0.2, -0.15) is 0 Å². The maximum atomic E-state index is 13.9. The number of rotatable bonds is 5. The van der Waals surface area contributed by atoms with Crippen LogP contribution in [0.3, 0.4) is 0 Å². The van der Waals surface area contributed by atoms with Gasteiger partial charge in [-0.3, -0.25) is 20.0 Å². The van der Waals surface area contributed by atoms with Gasteiger partial charge < -0.3 is 9.84 Å². The number of likely N-dealkylation sites (N-methyl/N-ethyl adjacent to an activating group) is 1. The number of hydrogen-bond acceptors (Lipinski definition) is 6. The average Bonchev–Trinajstić information content (AvgIpc) is 2.87. The number of carbonyl (C=O) groups excluding carboxylic acids is 1. The number of anilines is 1. The summed E-state index contributed by atoms with van der Waals surface area (Å²) in [5, 5.41) is 13.7. The Morgan fingerprint density at radius 1 is 1.19 bits per heavy atom. The largest absolute Gasteiger partial charge is 0.454 e. The van der Waals surface area contributed by atoms with E-state index < -0.39 is 18.1 Å². The number of aliphatic hydroxyl groups is 1. The lowest BCUT2D eigenvalue weighted by atomic mass is 9.95. The highest BCUT2D eigenvalue weighted by molar-refractivity contribution is 5.97. The highest BCUT2D eigenvalue weighted by Crippen LogP contribution is 2.33. The van der Waals surface area contributed by atoms with Crippen LogP contribution < -0.4 is 15.0 Å². The Morgan fingerprint density at radius 2 is 2.00 bits per heavy atom. The van der Waals surface area contributed by atoms with Crippen LogP contribution in [0.1, 0.15) is 36.7 Å². The summed E-state index contributed by atoms with van der Waals surface area (Å²) in [5.74, 6) is 0.395. The average molecular weight is 422 g/mol. The lowest BCUT2D eigenvalue weighted by molar-refractivity contribution is -0.121. The Labute approximate surface area is 179 Å². The number of hydrogen-bond donors (Lipinski definition) is 2. The number of para-hydroxylation sites is 1. The van der Waals surface area contributed by atoms with Crippen LogP contribution in [0.25, 0.3) is 0 Å². The van der Waals surface area contributed by atoms with Gasteiger partial charge in [0.25, 0.3) is 0 Å². The molecule has 3 heterocycles. The van der Waals surface area contributed by atoms with E-state index in [-0.39, 0.29) is 23.3 Å². The summed E-state index contributed by atoms with van der Waals surface area (Å²) < 4.78 is 19.4. The van der Waals surface area contributed by atoms with Crippen LogP contribution in [-0.2, 0) is 4.79 Å². The number of ether oxygens (including phenoxy) is 1. The third kappa shape index (κ3) is 4.40. The number of aliphatic hydroxyl groups excluding tert-OH is 1. The van der Waals surface area contributed by atoms with E-state index in [0.29, 0.717) is 18.0 Å². The molecule has 2 aromatic heterocycles. The van der Waals surface area contributed by atoms with E-state index in [1.807, 2.05) is 19.1 Å². The van der Waals surface area contributed by atoms with Crippen molar-refractivity contribution in [1.82, 2.24) is 15.3 Å². The zero-order valence-electron chi connectivity index (χ0n) is 17.2. The minimum Gasteiger partial charge on any atom is -0.454 e. The molecule has 3 aromatic rings. The predicted octanol–water partition coefficient (Wildman–Crippen LogP) is 3.53. The summed E-state index contributed by atoms with van der Waals surface area (Å²) in [6.45, 7) is 2.02. The fourth-order valence-electron chi connectivity index (χ4n) is 3.70. The van der Waals surface area contributed by atoms with Crippen molar-refractivity contribution in [3.8, 4) is 11.5 Å². The molecule has 2 N–H and O–H groups in total. The van der Waals surface area contributed by atoms with E-state index in [1.54, 1.807) is 31.4 Å². The molecule has 4 rings (SSSR count). The summed E-state index contributed by atoms with van der Waals surface area (Å²) in [7, 11) is 1.67. The molecule has 1 aliphatic rings. The van der Waals surface area contributed by atoms with Gasteiger partial charge in [-0.1, -0.05) is 25.1 Å². The van der Waals surface area contributed by atoms with Crippen molar-refractivity contribution >= 4 is 11.7 Å². The number of halogens is 1. The minimum absolute atomic E-state index is 0.0611. The highest BCUT2D eigenvalue weighted by Gasteiger charge is 2.33. The van der Waals surface area contributed by atoms with Crippen LogP contribution in [-0.4, -0.2) is 34.1 Å². The van der Waals surface area contributed by atoms with Crippen molar-refractivity contribution in [2.45, 2.75) is 31.5 Å². The van der Waals surface area contributed by atoms with E-state index in [1.165, 1.54) is 29.3 Å². The highest BCUT2D eigenvalue weighted by atomic mass is 19.1. The third-order valence-electron chi connectivity index (χ3n) is 5.34. The number of aromatic nitrogens is 2. The van der Waals surface area contributed by atoms with Crippen LogP contribution in [0.5, 0.6) is 11.5 Å². The molecule has 160 valence electrons. The Bertz CT molecular complexity index is 1090. The van der Waals surface area contributed by atoms with Crippen LogP contribution in [0.2, 0.25) is 0 Å². The van der Waals surface area contributed by atoms with Gasteiger partial charge in [-0.25, -0.2) is 9.37 Å². The Morgan fingerprint density at radius 3 is 2.81 bits per heavy atom. The van der Waals surface area contributed by atoms with Gasteiger partial charge in [0, 0.05) is 25.5 Å². The monoisotopic (exact) mass is 422 g/mol. The van der Waals surface area contributed by atoms with Gasteiger partial charge in [0.15, 0.2) is 11.6 Å². The number of benzene rings is 1. The standard InChI is InChI=1S/C23H23FN4O3/c1-14-12-19(23(30)28(2)21-16(14)6-5-10-26-21)27-22(29)18-13-15(9-11-25-18)31-20-8-4-3-7-17(20)24/h3-11,13-14,19,22,27,29H,12H2,1-2H3/t14-,19+,22?/m0/s1. The predicted molar refractivity (Wildman–Crippen MR) is 113 cm³/mol. The van der Waals surface area contributed by atoms with Gasteiger partial charge in [0.1, 0.15) is 17.8 Å². The van der Waals surface area contributed by atoms with Gasteiger partial charge in [0.05, 0.1) is 11.7 Å². The smallest absolute Gasteiger partial charge is 0.245 e. The van der Waals surface area contributed by atoms with E-state index in [9.17, 15) is 14.3 Å². The zero-order chi connectivity index (χ0) is 22.0. The molecule has 1 amide bonds. The quantitative estimate of drug-likeness (QED) is 0.612. The molecule has 0 aliphatic carbocycles. The molecule has 0 bridgehead atoms. The summed E-state index contributed by atoms with van der Waals surface area (Å²) in [6.07, 6.45) is 2.39. The second kappa shape index (κ2) is 8.79. The number of amides is 1. The van der Waals surface area contributed by atoms with Gasteiger partial charge in [-0.05, 0) is 42.2 Å². The molecule has 0 saturated heterocycles. The molecule has 0 radical (unpaired) electrons. The summed E-state index contributed by atoms with van der Waals surface area (Å²) in [5.41, 5.74) is 1.24. The van der Waals surface area contributed by atoms with Crippen molar-refractivity contribution in [3.05, 3.63) is 78.0 Å². The minimum atomic E-state index is -1.21. The third-order valence-corrected chi connectivity index (χ3v) is 5.34. The maximum Gasteiger partial charge on any atom is 0.245 e. The molecule has 1 aromatic carbocycles. The summed E-state index contributed by atoms with van der Waals surface area (Å²) in [4.78, 5) is 23.0. The SMILES string of the molecule is C[C@H]1C[C@@H](NC(O)c2cc(Oc3ccccc3F)ccn2)C(=O)N(C)c2ncccc21. The molecule has 0 saturated carbocycles. The first-order valence-corrected chi connectivity index (χ1v) is 9.99. The fraction of sp³-hybridized carbons (Fsp3) is 0.261. The van der Waals surface area contributed by atoms with Crippen LogP contribution in [0.15, 0.2) is 60.9 Å². The molecule has 31 heavy (non-hydrogen) atoms. The number of carbonyl (C=O) groups is 1. The van der Waals surface area contributed by atoms with Gasteiger partial charge >= 0.3 is 0 Å². The van der Waals surface area contributed by atoms with E-state index in [2.05, 4.69) is 15.3 Å². The Balaban J connectivity index is 1.51. The first kappa shape index (κ1) is 20.9. The maximum absolute atomic E-state index is 13.9. The second-order valence-electron chi connectivity index (χ2n) is 7.52. The molecule has 8 heteroatoms. The van der Waals surface area contributed by atoms with Gasteiger partial charge in [0.2, 0.25) is 5.91 Å². The summed E-state index contributed by atoms with van der Waals surface area (Å²) >= 11 is 0. The molecule has 1 aliphatic heterocycles. The first-order valence-electron chi connectivity index (χ1n) is 9.99. The van der Waals surface area contributed by atoms with E-state index in [4.69, 9.17) is 4.74 Å².